The number of fused-ring (bicyclic) bond motifs is 2. The average molecular weight is 399 g/mol. The lowest BCUT2D eigenvalue weighted by molar-refractivity contribution is -0.121. The molecule has 0 atom stereocenters. The number of nitrogens with one attached hydrogen (secondary N) is 1. The van der Waals surface area contributed by atoms with Crippen molar-refractivity contribution in [3.63, 3.8) is 0 Å². The number of hydrogen-bond donors (Lipinski definition) is 1. The monoisotopic (exact) mass is 398 g/mol. The van der Waals surface area contributed by atoms with Crippen LogP contribution in [-0.4, -0.2) is 25.0 Å². The van der Waals surface area contributed by atoms with Crippen LogP contribution >= 0.6 is 11.6 Å². The van der Waals surface area contributed by atoms with Crippen molar-refractivity contribution in [3.8, 4) is 5.75 Å². The second-order valence-electron chi connectivity index (χ2n) is 6.18. The molecule has 0 bridgehead atoms. The second-order valence-corrected chi connectivity index (χ2v) is 6.62. The Morgan fingerprint density at radius 3 is 2.79 bits per heavy atom. The van der Waals surface area contributed by atoms with Gasteiger partial charge in [-0.1, -0.05) is 11.6 Å². The Morgan fingerprint density at radius 2 is 2.00 bits per heavy atom. The molecule has 1 aliphatic rings. The van der Waals surface area contributed by atoms with E-state index in [-0.39, 0.29) is 29.3 Å². The van der Waals surface area contributed by atoms with E-state index in [1.165, 1.54) is 12.1 Å². The molecule has 0 fully saturated rings. The highest BCUT2D eigenvalue weighted by Gasteiger charge is 2.25. The van der Waals surface area contributed by atoms with E-state index in [1.807, 2.05) is 6.92 Å². The Labute approximate surface area is 164 Å². The molecular weight excluding hydrogens is 384 g/mol. The Hall–Kier alpha value is -3.32. The van der Waals surface area contributed by atoms with E-state index in [9.17, 15) is 14.4 Å². The van der Waals surface area contributed by atoms with Crippen molar-refractivity contribution in [1.29, 1.82) is 0 Å². The molecule has 0 saturated heterocycles. The third kappa shape index (κ3) is 3.20. The van der Waals surface area contributed by atoms with Gasteiger partial charge in [0.2, 0.25) is 0 Å². The topological polar surface area (TPSA) is 88.9 Å². The van der Waals surface area contributed by atoms with Gasteiger partial charge in [0.15, 0.2) is 17.8 Å². The minimum absolute atomic E-state index is 0.0151. The lowest BCUT2D eigenvalue weighted by Crippen LogP contribution is -2.38. The Balaban J connectivity index is 1.65. The normalized spacial score (nSPS) is 13.2. The van der Waals surface area contributed by atoms with Crippen LogP contribution in [0.2, 0.25) is 5.02 Å². The SMILES string of the molecule is CCN1C(=O)COc2ccc(NC(=O)c3cc(=O)c4cc(Cl)ccc4o3)cc21. The van der Waals surface area contributed by atoms with Crippen LogP contribution in [0.4, 0.5) is 11.4 Å². The summed E-state index contributed by atoms with van der Waals surface area (Å²) in [4.78, 5) is 38.4. The fourth-order valence-corrected chi connectivity index (χ4v) is 3.23. The summed E-state index contributed by atoms with van der Waals surface area (Å²) in [6, 6.07) is 10.7. The number of carbonyl (C=O) groups excluding carboxylic acids is 2. The lowest BCUT2D eigenvalue weighted by atomic mass is 10.2. The molecule has 2 heterocycles. The maximum atomic E-state index is 12.6. The molecule has 4 rings (SSSR count). The summed E-state index contributed by atoms with van der Waals surface area (Å²) in [5.74, 6) is -0.302. The van der Waals surface area contributed by atoms with Crippen molar-refractivity contribution in [2.24, 2.45) is 0 Å². The zero-order chi connectivity index (χ0) is 19.8. The molecule has 0 aliphatic carbocycles. The van der Waals surface area contributed by atoms with Crippen LogP contribution in [0.25, 0.3) is 11.0 Å². The van der Waals surface area contributed by atoms with Gasteiger partial charge in [0, 0.05) is 23.3 Å². The minimum atomic E-state index is -0.583. The molecule has 1 aliphatic heterocycles. The number of likely N-dealkylation sites (N-methyl/N-ethyl adjacent to an activating group) is 1. The quantitative estimate of drug-likeness (QED) is 0.730. The zero-order valence-electron chi connectivity index (χ0n) is 14.8. The molecule has 0 saturated carbocycles. The molecule has 0 unspecified atom stereocenters. The van der Waals surface area contributed by atoms with E-state index in [0.717, 1.165) is 6.07 Å². The van der Waals surface area contributed by atoms with Gasteiger partial charge in [0.1, 0.15) is 11.3 Å². The molecule has 28 heavy (non-hydrogen) atoms. The van der Waals surface area contributed by atoms with Crippen molar-refractivity contribution >= 4 is 45.8 Å². The first-order valence-electron chi connectivity index (χ1n) is 8.58. The van der Waals surface area contributed by atoms with Gasteiger partial charge in [-0.05, 0) is 43.3 Å². The molecule has 142 valence electrons. The molecule has 7 nitrogen and oxygen atoms in total. The van der Waals surface area contributed by atoms with Crippen molar-refractivity contribution < 1.29 is 18.7 Å². The van der Waals surface area contributed by atoms with Gasteiger partial charge in [-0.3, -0.25) is 14.4 Å². The van der Waals surface area contributed by atoms with Crippen LogP contribution in [0.15, 0.2) is 51.7 Å². The fourth-order valence-electron chi connectivity index (χ4n) is 3.06. The molecule has 2 aromatic carbocycles. The zero-order valence-corrected chi connectivity index (χ0v) is 15.6. The minimum Gasteiger partial charge on any atom is -0.482 e. The van der Waals surface area contributed by atoms with E-state index in [1.54, 1.807) is 29.2 Å². The first-order chi connectivity index (χ1) is 13.5. The Kier molecular flexibility index (Phi) is 4.52. The van der Waals surface area contributed by atoms with E-state index >= 15 is 0 Å². The summed E-state index contributed by atoms with van der Waals surface area (Å²) in [7, 11) is 0. The van der Waals surface area contributed by atoms with Gasteiger partial charge in [-0.2, -0.15) is 0 Å². The van der Waals surface area contributed by atoms with E-state index < -0.39 is 5.91 Å². The molecule has 1 N–H and O–H groups in total. The summed E-state index contributed by atoms with van der Waals surface area (Å²) in [6.07, 6.45) is 0. The standard InChI is InChI=1S/C20H15ClN2O5/c1-2-23-14-8-12(4-6-17(14)27-10-19(23)25)22-20(26)18-9-15(24)13-7-11(21)3-5-16(13)28-18/h3-9H,2,10H2,1H3,(H,22,26). The molecule has 3 aromatic rings. The van der Waals surface area contributed by atoms with Gasteiger partial charge in [0.25, 0.3) is 11.8 Å². The van der Waals surface area contributed by atoms with Crippen LogP contribution in [0, 0.1) is 0 Å². The summed E-state index contributed by atoms with van der Waals surface area (Å²) in [6.45, 7) is 2.32. The van der Waals surface area contributed by atoms with Crippen molar-refractivity contribution in [1.82, 2.24) is 0 Å². The summed E-state index contributed by atoms with van der Waals surface area (Å²) >= 11 is 5.89. The predicted molar refractivity (Wildman–Crippen MR) is 105 cm³/mol. The number of nitrogens with zero attached hydrogens (tertiary/aromatic N) is 1. The van der Waals surface area contributed by atoms with E-state index in [0.29, 0.717) is 34.1 Å². The van der Waals surface area contributed by atoms with Gasteiger partial charge in [0.05, 0.1) is 11.1 Å². The van der Waals surface area contributed by atoms with Crippen molar-refractivity contribution in [2.45, 2.75) is 6.92 Å². The third-order valence-corrected chi connectivity index (χ3v) is 4.62. The van der Waals surface area contributed by atoms with Crippen LogP contribution in [-0.2, 0) is 4.79 Å². The fraction of sp³-hybridized carbons (Fsp3) is 0.150. The lowest BCUT2D eigenvalue weighted by Gasteiger charge is -2.28. The second kappa shape index (κ2) is 7.01. The number of anilines is 2. The number of carbonyl (C=O) groups is 2. The maximum Gasteiger partial charge on any atom is 0.291 e. The first kappa shape index (κ1) is 18.1. The number of hydrogen-bond acceptors (Lipinski definition) is 5. The number of benzene rings is 2. The molecule has 1 aromatic heterocycles. The Morgan fingerprint density at radius 1 is 1.18 bits per heavy atom. The van der Waals surface area contributed by atoms with Crippen LogP contribution in [0.5, 0.6) is 5.75 Å². The van der Waals surface area contributed by atoms with Crippen LogP contribution in [0.1, 0.15) is 17.5 Å². The molecule has 0 spiro atoms. The number of halogens is 1. The molecular formula is C20H15ClN2O5. The number of rotatable bonds is 3. The molecule has 0 radical (unpaired) electrons. The van der Waals surface area contributed by atoms with Crippen LogP contribution < -0.4 is 20.4 Å². The number of amides is 2. The van der Waals surface area contributed by atoms with Gasteiger partial charge >= 0.3 is 0 Å². The van der Waals surface area contributed by atoms with Crippen molar-refractivity contribution in [2.75, 3.05) is 23.4 Å². The molecule has 8 heteroatoms. The van der Waals surface area contributed by atoms with Gasteiger partial charge < -0.3 is 19.4 Å². The van der Waals surface area contributed by atoms with Gasteiger partial charge in [-0.15, -0.1) is 0 Å². The molecule has 2 amide bonds. The average Bonchev–Trinajstić information content (AvgIpc) is 2.68. The number of ether oxygens (including phenoxy) is 1. The predicted octanol–water partition coefficient (Wildman–Crippen LogP) is 3.44. The van der Waals surface area contributed by atoms with Crippen molar-refractivity contribution in [3.05, 3.63) is 63.5 Å². The maximum absolute atomic E-state index is 12.6. The Bertz CT molecular complexity index is 1170. The smallest absolute Gasteiger partial charge is 0.291 e. The van der Waals surface area contributed by atoms with E-state index in [2.05, 4.69) is 5.32 Å². The largest absolute Gasteiger partial charge is 0.482 e. The highest BCUT2D eigenvalue weighted by atomic mass is 35.5. The summed E-state index contributed by atoms with van der Waals surface area (Å²) in [5.41, 5.74) is 0.921. The van der Waals surface area contributed by atoms with Crippen LogP contribution in [0.3, 0.4) is 0 Å². The van der Waals surface area contributed by atoms with E-state index in [4.69, 9.17) is 20.8 Å². The highest BCUT2D eigenvalue weighted by Crippen LogP contribution is 2.34. The highest BCUT2D eigenvalue weighted by molar-refractivity contribution is 6.31. The first-order valence-corrected chi connectivity index (χ1v) is 8.96. The summed E-state index contributed by atoms with van der Waals surface area (Å²) in [5, 5.41) is 3.38. The van der Waals surface area contributed by atoms with Gasteiger partial charge in [-0.25, -0.2) is 0 Å². The summed E-state index contributed by atoms with van der Waals surface area (Å²) < 4.78 is 11.0. The third-order valence-electron chi connectivity index (χ3n) is 4.39.